The van der Waals surface area contributed by atoms with Crippen molar-refractivity contribution in [1.29, 1.82) is 0 Å². The lowest BCUT2D eigenvalue weighted by atomic mass is 10.1. The van der Waals surface area contributed by atoms with E-state index in [9.17, 15) is 9.59 Å². The van der Waals surface area contributed by atoms with Crippen LogP contribution in [0.15, 0.2) is 42.9 Å². The number of ether oxygens (including phenoxy) is 1. The number of fused-ring (bicyclic) bond motifs is 1. The fraction of sp³-hybridized carbons (Fsp3) is 0.381. The molecule has 1 aromatic carbocycles. The lowest BCUT2D eigenvalue weighted by Gasteiger charge is -2.08. The number of aromatic nitrogens is 4. The van der Waals surface area contributed by atoms with E-state index in [0.29, 0.717) is 25.3 Å². The van der Waals surface area contributed by atoms with Gasteiger partial charge in [-0.05, 0) is 18.9 Å². The van der Waals surface area contributed by atoms with Crippen LogP contribution in [0.5, 0.6) is 0 Å². The van der Waals surface area contributed by atoms with Crippen molar-refractivity contribution in [2.24, 2.45) is 0 Å². The van der Waals surface area contributed by atoms with Crippen molar-refractivity contribution in [3.63, 3.8) is 0 Å². The Labute approximate surface area is 174 Å². The number of hydrogen-bond acceptors (Lipinski definition) is 7. The van der Waals surface area contributed by atoms with E-state index in [1.807, 2.05) is 18.2 Å². The molecule has 0 unspecified atom stereocenters. The van der Waals surface area contributed by atoms with Crippen molar-refractivity contribution in [2.75, 3.05) is 25.0 Å². The van der Waals surface area contributed by atoms with E-state index in [1.165, 1.54) is 11.9 Å². The SMILES string of the molecule is CCOC(=O)CCC(=O)NCCn1ncc2c(NCCc3ccccc3)ncnc21. The molecule has 0 aliphatic rings. The Morgan fingerprint density at radius 2 is 1.93 bits per heavy atom. The van der Waals surface area contributed by atoms with Crippen LogP contribution in [0.2, 0.25) is 0 Å². The molecule has 1 amide bonds. The number of anilines is 1. The molecular formula is C21H26N6O3. The van der Waals surface area contributed by atoms with Gasteiger partial charge in [0.25, 0.3) is 0 Å². The number of nitrogens with zero attached hydrogens (tertiary/aromatic N) is 4. The Morgan fingerprint density at radius 1 is 1.10 bits per heavy atom. The summed E-state index contributed by atoms with van der Waals surface area (Å²) in [5.74, 6) is 0.174. The standard InChI is InChI=1S/C21H26N6O3/c1-2-30-19(29)9-8-18(28)22-12-13-27-21-17(14-26-27)20(24-15-25-21)23-11-10-16-6-4-3-5-7-16/h3-7,14-15H,2,8-13H2,1H3,(H,22,28)(H,23,24,25). The van der Waals surface area contributed by atoms with Crippen molar-refractivity contribution in [2.45, 2.75) is 32.7 Å². The maximum Gasteiger partial charge on any atom is 0.306 e. The lowest BCUT2D eigenvalue weighted by molar-refractivity contribution is -0.144. The summed E-state index contributed by atoms with van der Waals surface area (Å²) in [6.07, 6.45) is 4.30. The molecule has 2 N–H and O–H groups in total. The highest BCUT2D eigenvalue weighted by atomic mass is 16.5. The summed E-state index contributed by atoms with van der Waals surface area (Å²) in [4.78, 5) is 31.8. The molecule has 3 rings (SSSR count). The van der Waals surface area contributed by atoms with Gasteiger partial charge in [-0.25, -0.2) is 14.6 Å². The monoisotopic (exact) mass is 410 g/mol. The van der Waals surface area contributed by atoms with Gasteiger partial charge < -0.3 is 15.4 Å². The summed E-state index contributed by atoms with van der Waals surface area (Å²) < 4.78 is 6.54. The molecule has 0 aliphatic carbocycles. The average molecular weight is 410 g/mol. The predicted molar refractivity (Wildman–Crippen MR) is 113 cm³/mol. The van der Waals surface area contributed by atoms with E-state index < -0.39 is 0 Å². The molecule has 2 heterocycles. The van der Waals surface area contributed by atoms with Gasteiger partial charge in [-0.2, -0.15) is 5.10 Å². The van der Waals surface area contributed by atoms with Crippen LogP contribution >= 0.6 is 0 Å². The van der Waals surface area contributed by atoms with Crippen LogP contribution < -0.4 is 10.6 Å². The summed E-state index contributed by atoms with van der Waals surface area (Å²) in [6, 6.07) is 10.2. The molecule has 0 radical (unpaired) electrons. The number of esters is 1. The normalized spacial score (nSPS) is 10.7. The van der Waals surface area contributed by atoms with E-state index in [-0.39, 0.29) is 24.7 Å². The third-order valence-electron chi connectivity index (χ3n) is 4.49. The van der Waals surface area contributed by atoms with Gasteiger partial charge in [0, 0.05) is 19.5 Å². The smallest absolute Gasteiger partial charge is 0.306 e. The fourth-order valence-electron chi connectivity index (χ4n) is 3.01. The van der Waals surface area contributed by atoms with Crippen LogP contribution in [0.3, 0.4) is 0 Å². The summed E-state index contributed by atoms with van der Waals surface area (Å²) in [6.45, 7) is 3.66. The number of amides is 1. The molecule has 0 saturated carbocycles. The molecule has 3 aromatic rings. The summed E-state index contributed by atoms with van der Waals surface area (Å²) >= 11 is 0. The Bertz CT molecular complexity index is 973. The highest BCUT2D eigenvalue weighted by Gasteiger charge is 2.11. The minimum Gasteiger partial charge on any atom is -0.466 e. The highest BCUT2D eigenvalue weighted by Crippen LogP contribution is 2.18. The van der Waals surface area contributed by atoms with Gasteiger partial charge in [-0.3, -0.25) is 9.59 Å². The second-order valence-electron chi connectivity index (χ2n) is 6.64. The second kappa shape index (κ2) is 10.9. The van der Waals surface area contributed by atoms with Crippen LogP contribution in [0.4, 0.5) is 5.82 Å². The van der Waals surface area contributed by atoms with E-state index >= 15 is 0 Å². The lowest BCUT2D eigenvalue weighted by Crippen LogP contribution is -2.28. The van der Waals surface area contributed by atoms with E-state index in [0.717, 1.165) is 24.2 Å². The zero-order valence-corrected chi connectivity index (χ0v) is 17.0. The molecule has 0 fully saturated rings. The minimum atomic E-state index is -0.366. The largest absolute Gasteiger partial charge is 0.466 e. The van der Waals surface area contributed by atoms with Crippen molar-refractivity contribution in [3.8, 4) is 0 Å². The van der Waals surface area contributed by atoms with Crippen molar-refractivity contribution in [1.82, 2.24) is 25.1 Å². The number of hydrogen-bond donors (Lipinski definition) is 2. The first-order valence-electron chi connectivity index (χ1n) is 10.0. The summed E-state index contributed by atoms with van der Waals surface area (Å²) in [5.41, 5.74) is 1.96. The van der Waals surface area contributed by atoms with E-state index in [1.54, 1.807) is 17.8 Å². The molecule has 0 bridgehead atoms. The molecule has 9 nitrogen and oxygen atoms in total. The first kappa shape index (κ1) is 21.2. The van der Waals surface area contributed by atoms with Crippen LogP contribution in [-0.2, 0) is 27.3 Å². The van der Waals surface area contributed by atoms with Crippen molar-refractivity contribution < 1.29 is 14.3 Å². The highest BCUT2D eigenvalue weighted by molar-refractivity contribution is 5.86. The van der Waals surface area contributed by atoms with Gasteiger partial charge in [0.15, 0.2) is 5.65 Å². The third-order valence-corrected chi connectivity index (χ3v) is 4.49. The van der Waals surface area contributed by atoms with Crippen LogP contribution in [0.1, 0.15) is 25.3 Å². The maximum atomic E-state index is 11.8. The molecule has 30 heavy (non-hydrogen) atoms. The first-order valence-corrected chi connectivity index (χ1v) is 10.0. The molecule has 0 aliphatic heterocycles. The minimum absolute atomic E-state index is 0.0790. The van der Waals surface area contributed by atoms with Gasteiger partial charge in [0.05, 0.1) is 31.2 Å². The molecule has 2 aromatic heterocycles. The van der Waals surface area contributed by atoms with Gasteiger partial charge in [0.2, 0.25) is 5.91 Å². The Morgan fingerprint density at radius 3 is 2.73 bits per heavy atom. The van der Waals surface area contributed by atoms with Gasteiger partial charge >= 0.3 is 5.97 Å². The van der Waals surface area contributed by atoms with Gasteiger partial charge in [-0.15, -0.1) is 0 Å². The van der Waals surface area contributed by atoms with Gasteiger partial charge in [-0.1, -0.05) is 30.3 Å². The quantitative estimate of drug-likeness (QED) is 0.465. The van der Waals surface area contributed by atoms with Crippen molar-refractivity contribution in [3.05, 3.63) is 48.4 Å². The molecule has 0 spiro atoms. The molecule has 158 valence electrons. The number of nitrogens with one attached hydrogen (secondary N) is 2. The predicted octanol–water partition coefficient (Wildman–Crippen LogP) is 1.94. The molecule has 0 atom stereocenters. The Kier molecular flexibility index (Phi) is 7.71. The van der Waals surface area contributed by atoms with Crippen LogP contribution in [-0.4, -0.2) is 51.3 Å². The topological polar surface area (TPSA) is 111 Å². The van der Waals surface area contributed by atoms with Crippen LogP contribution in [0.25, 0.3) is 11.0 Å². The molecular weight excluding hydrogens is 384 g/mol. The zero-order chi connectivity index (χ0) is 21.2. The van der Waals surface area contributed by atoms with Crippen LogP contribution in [0, 0.1) is 0 Å². The van der Waals surface area contributed by atoms with Gasteiger partial charge in [0.1, 0.15) is 12.1 Å². The molecule has 0 saturated heterocycles. The van der Waals surface area contributed by atoms with Crippen molar-refractivity contribution >= 4 is 28.7 Å². The number of benzene rings is 1. The molecule has 9 heteroatoms. The first-order chi connectivity index (χ1) is 14.7. The number of carbonyl (C=O) groups is 2. The van der Waals surface area contributed by atoms with E-state index in [4.69, 9.17) is 4.74 Å². The number of carbonyl (C=O) groups excluding carboxylic acids is 2. The number of rotatable bonds is 11. The second-order valence-corrected chi connectivity index (χ2v) is 6.64. The fourth-order valence-corrected chi connectivity index (χ4v) is 3.01. The van der Waals surface area contributed by atoms with E-state index in [2.05, 4.69) is 37.8 Å². The zero-order valence-electron chi connectivity index (χ0n) is 17.0. The summed E-state index contributed by atoms with van der Waals surface area (Å²) in [7, 11) is 0. The summed E-state index contributed by atoms with van der Waals surface area (Å²) in [5, 5.41) is 11.3. The maximum absolute atomic E-state index is 11.8. The average Bonchev–Trinajstić information content (AvgIpc) is 3.17. The Hall–Kier alpha value is -3.49. The third kappa shape index (κ3) is 6.00. The Balaban J connectivity index is 1.49.